The fourth-order valence-electron chi connectivity index (χ4n) is 17.0. The summed E-state index contributed by atoms with van der Waals surface area (Å²) < 4.78 is 6.09. The van der Waals surface area contributed by atoms with Crippen LogP contribution in [0.1, 0.15) is 13.8 Å². The van der Waals surface area contributed by atoms with Crippen LogP contribution in [0.2, 0.25) is 47.7 Å². The zero-order valence-electron chi connectivity index (χ0n) is 9.94. The molecule has 10 heterocycles. The predicted molar refractivity (Wildman–Crippen MR) is 57.7 cm³/mol. The SMILES string of the molecule is CC(C)OC(=O)[C]12[CH]3[CH]4[CH]5[CH]1[Fe]45321678[CH]2[CH]1[CH]6[CH]7[CH]28. The van der Waals surface area contributed by atoms with Gasteiger partial charge in [0.25, 0.3) is 0 Å². The Balaban J connectivity index is 1.52. The number of carbonyl (C=O) groups excluding carboxylic acids is 1. The quantitative estimate of drug-likeness (QED) is 0.566. The molecule has 0 saturated carbocycles. The number of hydrogen-bond donors (Lipinski definition) is 0. The first kappa shape index (κ1) is 6.43. The van der Waals surface area contributed by atoms with E-state index in [-0.39, 0.29) is 6.10 Å². The summed E-state index contributed by atoms with van der Waals surface area (Å²) in [6.07, 6.45) is 0.114. The van der Waals surface area contributed by atoms with Crippen molar-refractivity contribution in [1.29, 1.82) is 0 Å². The Morgan fingerprint density at radius 2 is 1.47 bits per heavy atom. The van der Waals surface area contributed by atoms with E-state index in [9.17, 15) is 4.79 Å². The topological polar surface area (TPSA) is 26.3 Å². The van der Waals surface area contributed by atoms with Crippen LogP contribution >= 0.6 is 0 Å². The summed E-state index contributed by atoms with van der Waals surface area (Å²) in [5, 5.41) is 0. The summed E-state index contributed by atoms with van der Waals surface area (Å²) >= 11 is 0. The van der Waals surface area contributed by atoms with Crippen LogP contribution in [0.15, 0.2) is 0 Å². The fraction of sp³-hybridized carbons (Fsp3) is 0.929. The Bertz CT molecular complexity index is 909. The number of ether oxygens (including phenoxy) is 1. The Kier molecular flexibility index (Phi) is 0.188. The van der Waals surface area contributed by atoms with Crippen LogP contribution < -0.4 is 0 Å². The molecule has 2 nitrogen and oxygen atoms in total. The monoisotopic (exact) mass is 272 g/mol. The van der Waals surface area contributed by atoms with Gasteiger partial charge in [0.05, 0.1) is 0 Å². The molecule has 10 saturated heterocycles. The fourth-order valence-corrected chi connectivity index (χ4v) is 90.6. The van der Waals surface area contributed by atoms with E-state index in [1.807, 2.05) is 13.8 Å². The summed E-state index contributed by atoms with van der Waals surface area (Å²) in [5.74, 6) is 0.346. The van der Waals surface area contributed by atoms with Gasteiger partial charge in [-0.05, 0) is 0 Å². The van der Waals surface area contributed by atoms with E-state index in [0.29, 0.717) is 10.3 Å². The molecule has 17 heavy (non-hydrogen) atoms. The van der Waals surface area contributed by atoms with Gasteiger partial charge in [-0.25, -0.2) is 0 Å². The molecule has 0 aromatic rings. The molecule has 1 spiro atoms. The first-order chi connectivity index (χ1) is 7.88. The average Bonchev–Trinajstić information content (AvgIpc) is 3.22. The van der Waals surface area contributed by atoms with Crippen molar-refractivity contribution in [3.05, 3.63) is 0 Å². The molecule has 10 aliphatic heterocycles. The molecule has 0 bridgehead atoms. The van der Waals surface area contributed by atoms with E-state index >= 15 is 0 Å². The Morgan fingerprint density at radius 3 is 1.71 bits per heavy atom. The molecule has 92 valence electrons. The summed E-state index contributed by atoms with van der Waals surface area (Å²) in [5.41, 5.74) is 0. The van der Waals surface area contributed by atoms with Crippen molar-refractivity contribution >= 4 is 5.97 Å². The van der Waals surface area contributed by atoms with E-state index in [2.05, 4.69) is 0 Å². The standard InChI is InChI=1S/C9H11O2.C5H5.Fe/c1-7(2)11-9(10)8-5-3-4-6-8;1-2-4-5-3-1;/h3-7H,1-2H3;1-5H;. The maximum atomic E-state index is 12.8. The van der Waals surface area contributed by atoms with Gasteiger partial charge in [0.15, 0.2) is 0 Å². The molecule has 10 fully saturated rings. The molecule has 0 N–H and O–H groups in total. The van der Waals surface area contributed by atoms with Gasteiger partial charge in [-0.2, -0.15) is 0 Å². The second-order valence-electron chi connectivity index (χ2n) is 11.1. The molecule has 0 radical (unpaired) electrons. The van der Waals surface area contributed by atoms with Crippen LogP contribution in [0.5, 0.6) is 0 Å². The van der Waals surface area contributed by atoms with E-state index in [1.165, 1.54) is 33.7 Å². The van der Waals surface area contributed by atoms with Gasteiger partial charge in [-0.15, -0.1) is 0 Å². The van der Waals surface area contributed by atoms with Crippen LogP contribution in [-0.2, 0) is 16.0 Å². The second kappa shape index (κ2) is 0.497. The molecule has 0 aromatic carbocycles. The van der Waals surface area contributed by atoms with Gasteiger partial charge < -0.3 is 0 Å². The van der Waals surface area contributed by atoms with Gasteiger partial charge in [0.1, 0.15) is 0 Å². The van der Waals surface area contributed by atoms with Gasteiger partial charge in [0, 0.05) is 0 Å². The van der Waals surface area contributed by atoms with Crippen molar-refractivity contribution in [1.82, 2.24) is 0 Å². The van der Waals surface area contributed by atoms with Crippen LogP contribution in [0.4, 0.5) is 0 Å². The number of carbonyl (C=O) groups is 1. The van der Waals surface area contributed by atoms with Gasteiger partial charge in [-0.1, -0.05) is 0 Å². The average molecular weight is 272 g/mol. The normalized spacial score (nSPS) is 119. The molecular formula is C14H16FeO2. The molecule has 4 atom stereocenters. The number of rotatable bonds is 2. The number of fused-ring (bicyclic) bond motifs is 10. The van der Waals surface area contributed by atoms with Crippen LogP contribution in [0.3, 0.4) is 0 Å². The van der Waals surface area contributed by atoms with Crippen LogP contribution in [-0.4, -0.2) is 12.1 Å². The summed E-state index contributed by atoms with van der Waals surface area (Å²) in [6, 6.07) is 0. The molecule has 3 heteroatoms. The number of hydrogen-bond acceptors (Lipinski definition) is 2. The van der Waals surface area contributed by atoms with E-state index in [4.69, 9.17) is 4.74 Å². The summed E-state index contributed by atoms with van der Waals surface area (Å²) in [4.78, 5) is 23.6. The van der Waals surface area contributed by atoms with Gasteiger partial charge >= 0.3 is 89.6 Å². The van der Waals surface area contributed by atoms with Crippen LogP contribution in [0, 0.1) is 0 Å². The van der Waals surface area contributed by atoms with E-state index in [1.54, 1.807) is 0 Å². The molecule has 10 rings (SSSR count). The molecule has 0 aromatic heterocycles. The van der Waals surface area contributed by atoms with Crippen molar-refractivity contribution in [3.8, 4) is 0 Å². The minimum absolute atomic E-state index is 0.114. The zero-order chi connectivity index (χ0) is 10.9. The van der Waals surface area contributed by atoms with Gasteiger partial charge in [-0.3, -0.25) is 0 Å². The summed E-state index contributed by atoms with van der Waals surface area (Å²) in [7, 11) is 0. The van der Waals surface area contributed by atoms with Crippen molar-refractivity contribution in [2.75, 3.05) is 0 Å². The van der Waals surface area contributed by atoms with Crippen molar-refractivity contribution < 1.29 is 16.0 Å². The first-order valence-electron chi connectivity index (χ1n) is 7.31. The Morgan fingerprint density at radius 1 is 1.00 bits per heavy atom. The predicted octanol–water partition coefficient (Wildman–Crippen LogP) is 3.70. The molecule has 0 amide bonds. The number of esters is 1. The zero-order valence-corrected chi connectivity index (χ0v) is 11.0. The van der Waals surface area contributed by atoms with Crippen LogP contribution in [0.25, 0.3) is 0 Å². The first-order valence-corrected chi connectivity index (χ1v) is 13.6. The third-order valence-corrected chi connectivity index (χ3v) is 57.6. The van der Waals surface area contributed by atoms with E-state index in [0.717, 1.165) is 9.63 Å². The van der Waals surface area contributed by atoms with Crippen molar-refractivity contribution in [2.24, 2.45) is 0 Å². The Hall–Kier alpha value is -0.0105. The molecule has 4 unspecified atom stereocenters. The molecule has 0 aliphatic carbocycles. The molecule has 10 aliphatic rings. The third-order valence-electron chi connectivity index (χ3n) is 15.3. The van der Waals surface area contributed by atoms with Crippen molar-refractivity contribution in [3.63, 3.8) is 0 Å². The Labute approximate surface area is 89.7 Å². The molecular weight excluding hydrogens is 256 g/mol. The summed E-state index contributed by atoms with van der Waals surface area (Å²) in [6.45, 7) is 0.892. The maximum absolute atomic E-state index is 12.8. The second-order valence-corrected chi connectivity index (χ2v) is 34.7. The van der Waals surface area contributed by atoms with Gasteiger partial charge in [0.2, 0.25) is 0 Å². The third kappa shape index (κ3) is 0.0629. The van der Waals surface area contributed by atoms with E-state index < -0.39 is 6.51 Å². The van der Waals surface area contributed by atoms with Crippen molar-refractivity contribution in [2.45, 2.75) is 67.6 Å². The minimum atomic E-state index is -3.17.